The molecule has 0 bridgehead atoms. The first-order chi connectivity index (χ1) is 9.33. The highest BCUT2D eigenvalue weighted by Crippen LogP contribution is 2.23. The summed E-state index contributed by atoms with van der Waals surface area (Å²) in [5, 5.41) is 0. The third-order valence-corrected chi connectivity index (χ3v) is 2.38. The van der Waals surface area contributed by atoms with E-state index in [4.69, 9.17) is 19.9 Å². The number of nitrogens with two attached hydrogens (primary N) is 1. The largest absolute Gasteiger partial charge is 0.490 e. The average molecular weight is 281 g/mol. The van der Waals surface area contributed by atoms with E-state index in [2.05, 4.69) is 0 Å². The Kier molecular flexibility index (Phi) is 5.82. The van der Waals surface area contributed by atoms with Crippen LogP contribution in [0.3, 0.4) is 0 Å². The molecule has 1 rings (SSSR count). The highest BCUT2D eigenvalue weighted by Gasteiger charge is 2.15. The predicted octanol–water partition coefficient (Wildman–Crippen LogP) is 2.64. The van der Waals surface area contributed by atoms with Gasteiger partial charge in [0, 0.05) is 11.8 Å². The number of carbonyl (C=O) groups is 1. The molecule has 0 unspecified atom stereocenters. The predicted molar refractivity (Wildman–Crippen MR) is 78.0 cm³/mol. The molecule has 20 heavy (non-hydrogen) atoms. The molecule has 5 heteroatoms. The van der Waals surface area contributed by atoms with Crippen LogP contribution in [-0.4, -0.2) is 31.4 Å². The summed E-state index contributed by atoms with van der Waals surface area (Å²) in [7, 11) is 0. The van der Waals surface area contributed by atoms with Crippen molar-refractivity contribution in [2.75, 3.05) is 25.6 Å². The Balaban J connectivity index is 2.68. The molecular weight excluding hydrogens is 258 g/mol. The first-order valence-electron chi connectivity index (χ1n) is 6.67. The number of esters is 1. The van der Waals surface area contributed by atoms with E-state index in [1.807, 2.05) is 20.8 Å². The summed E-state index contributed by atoms with van der Waals surface area (Å²) >= 11 is 0. The van der Waals surface area contributed by atoms with Gasteiger partial charge in [-0.2, -0.15) is 0 Å². The van der Waals surface area contributed by atoms with Crippen molar-refractivity contribution in [1.29, 1.82) is 0 Å². The summed E-state index contributed by atoms with van der Waals surface area (Å²) in [6.07, 6.45) is 0. The topological polar surface area (TPSA) is 70.8 Å². The van der Waals surface area contributed by atoms with Crippen molar-refractivity contribution in [3.05, 3.63) is 23.8 Å². The van der Waals surface area contributed by atoms with Crippen LogP contribution in [0.15, 0.2) is 18.2 Å². The van der Waals surface area contributed by atoms with Gasteiger partial charge < -0.3 is 19.9 Å². The van der Waals surface area contributed by atoms with Crippen molar-refractivity contribution in [2.24, 2.45) is 0 Å². The summed E-state index contributed by atoms with van der Waals surface area (Å²) in [6.45, 7) is 8.75. The molecule has 112 valence electrons. The maximum absolute atomic E-state index is 11.8. The van der Waals surface area contributed by atoms with Crippen LogP contribution in [0.2, 0.25) is 0 Å². The minimum atomic E-state index is -0.417. The fraction of sp³-hybridized carbons (Fsp3) is 0.533. The first kappa shape index (κ1) is 16.3. The van der Waals surface area contributed by atoms with E-state index in [1.165, 1.54) is 0 Å². The molecule has 1 aromatic rings. The van der Waals surface area contributed by atoms with E-state index in [1.54, 1.807) is 25.1 Å². The third kappa shape index (κ3) is 5.48. The summed E-state index contributed by atoms with van der Waals surface area (Å²) in [4.78, 5) is 11.8. The van der Waals surface area contributed by atoms with E-state index in [0.29, 0.717) is 36.8 Å². The van der Waals surface area contributed by atoms with Gasteiger partial charge in [-0.15, -0.1) is 0 Å². The minimum Gasteiger partial charge on any atom is -0.490 e. The number of hydrogen-bond acceptors (Lipinski definition) is 5. The Hall–Kier alpha value is -1.75. The number of carbonyl (C=O) groups excluding carboxylic acids is 1. The second-order valence-electron chi connectivity index (χ2n) is 5.29. The fourth-order valence-electron chi connectivity index (χ4n) is 1.54. The van der Waals surface area contributed by atoms with E-state index in [9.17, 15) is 4.79 Å². The van der Waals surface area contributed by atoms with Gasteiger partial charge in [0.25, 0.3) is 0 Å². The quantitative estimate of drug-likeness (QED) is 0.493. The number of rotatable bonds is 6. The lowest BCUT2D eigenvalue weighted by molar-refractivity contribution is -0.0165. The van der Waals surface area contributed by atoms with Crippen LogP contribution < -0.4 is 10.5 Å². The Bertz CT molecular complexity index is 452. The molecule has 1 aromatic carbocycles. The number of anilines is 1. The number of ether oxygens (including phenoxy) is 3. The number of hydrogen-bond donors (Lipinski definition) is 1. The van der Waals surface area contributed by atoms with Gasteiger partial charge in [-0.25, -0.2) is 4.79 Å². The van der Waals surface area contributed by atoms with Crippen LogP contribution in [0.25, 0.3) is 0 Å². The molecule has 0 heterocycles. The molecular formula is C15H23NO4. The normalized spacial score (nSPS) is 11.2. The average Bonchev–Trinajstić information content (AvgIpc) is 2.34. The van der Waals surface area contributed by atoms with Gasteiger partial charge >= 0.3 is 5.97 Å². The van der Waals surface area contributed by atoms with Crippen molar-refractivity contribution in [3.63, 3.8) is 0 Å². The van der Waals surface area contributed by atoms with Gasteiger partial charge in [-0.1, -0.05) is 0 Å². The number of benzene rings is 1. The molecule has 0 fully saturated rings. The molecule has 0 saturated heterocycles. The Morgan fingerprint density at radius 1 is 1.25 bits per heavy atom. The van der Waals surface area contributed by atoms with Gasteiger partial charge in [0.2, 0.25) is 0 Å². The zero-order chi connectivity index (χ0) is 15.2. The lowest BCUT2D eigenvalue weighted by Gasteiger charge is -2.20. The molecule has 0 atom stereocenters. The first-order valence-corrected chi connectivity index (χ1v) is 6.67. The fourth-order valence-corrected chi connectivity index (χ4v) is 1.54. The van der Waals surface area contributed by atoms with Crippen molar-refractivity contribution >= 4 is 11.7 Å². The summed E-state index contributed by atoms with van der Waals surface area (Å²) in [5.41, 5.74) is 6.40. The van der Waals surface area contributed by atoms with Crippen molar-refractivity contribution < 1.29 is 19.0 Å². The molecule has 0 saturated carbocycles. The van der Waals surface area contributed by atoms with Crippen LogP contribution >= 0.6 is 0 Å². The van der Waals surface area contributed by atoms with Crippen LogP contribution in [0.1, 0.15) is 38.1 Å². The molecule has 5 nitrogen and oxygen atoms in total. The summed E-state index contributed by atoms with van der Waals surface area (Å²) in [6, 6.07) is 4.86. The van der Waals surface area contributed by atoms with Gasteiger partial charge in [0.05, 0.1) is 18.8 Å². The lowest BCUT2D eigenvalue weighted by atomic mass is 10.2. The second kappa shape index (κ2) is 7.14. The molecule has 0 radical (unpaired) electrons. The monoisotopic (exact) mass is 281 g/mol. The van der Waals surface area contributed by atoms with Crippen LogP contribution in [0.4, 0.5) is 5.69 Å². The van der Waals surface area contributed by atoms with Crippen molar-refractivity contribution in [2.45, 2.75) is 33.3 Å². The Morgan fingerprint density at radius 2 is 1.95 bits per heavy atom. The minimum absolute atomic E-state index is 0.219. The molecule has 0 aliphatic rings. The van der Waals surface area contributed by atoms with Gasteiger partial charge in [0.1, 0.15) is 17.9 Å². The van der Waals surface area contributed by atoms with E-state index < -0.39 is 5.97 Å². The highest BCUT2D eigenvalue weighted by atomic mass is 16.5. The van der Waals surface area contributed by atoms with Crippen LogP contribution in [0, 0.1) is 0 Å². The van der Waals surface area contributed by atoms with E-state index in [0.717, 1.165) is 0 Å². The third-order valence-electron chi connectivity index (χ3n) is 2.38. The molecule has 0 amide bonds. The summed E-state index contributed by atoms with van der Waals surface area (Å²) in [5.74, 6) is 0.000184. The Labute approximate surface area is 120 Å². The van der Waals surface area contributed by atoms with Gasteiger partial charge in [0.15, 0.2) is 0 Å². The second-order valence-corrected chi connectivity index (χ2v) is 5.29. The molecule has 0 aliphatic carbocycles. The van der Waals surface area contributed by atoms with Crippen LogP contribution in [0.5, 0.6) is 5.75 Å². The van der Waals surface area contributed by atoms with Crippen molar-refractivity contribution in [3.8, 4) is 5.75 Å². The summed E-state index contributed by atoms with van der Waals surface area (Å²) < 4.78 is 16.1. The number of nitrogen functional groups attached to an aromatic ring is 1. The van der Waals surface area contributed by atoms with Gasteiger partial charge in [-0.05, 0) is 39.8 Å². The van der Waals surface area contributed by atoms with E-state index >= 15 is 0 Å². The van der Waals surface area contributed by atoms with Crippen molar-refractivity contribution in [1.82, 2.24) is 0 Å². The molecule has 0 aromatic heterocycles. The molecule has 0 spiro atoms. The molecule has 2 N–H and O–H groups in total. The zero-order valence-electron chi connectivity index (χ0n) is 12.6. The van der Waals surface area contributed by atoms with E-state index in [-0.39, 0.29) is 5.60 Å². The maximum atomic E-state index is 11.8. The van der Waals surface area contributed by atoms with Gasteiger partial charge in [-0.3, -0.25) is 0 Å². The van der Waals surface area contributed by atoms with Crippen LogP contribution in [-0.2, 0) is 9.47 Å². The maximum Gasteiger partial charge on any atom is 0.341 e. The Morgan fingerprint density at radius 3 is 2.55 bits per heavy atom. The lowest BCUT2D eigenvalue weighted by Crippen LogP contribution is -2.22. The highest BCUT2D eigenvalue weighted by molar-refractivity contribution is 5.93. The molecule has 0 aliphatic heterocycles. The smallest absolute Gasteiger partial charge is 0.341 e. The standard InChI is InChI=1S/C15H23NO4/c1-5-18-14(17)12-7-6-11(16)10-13(12)19-8-9-20-15(2,3)4/h6-7,10H,5,8-9,16H2,1-4H3. The zero-order valence-corrected chi connectivity index (χ0v) is 12.6. The SMILES string of the molecule is CCOC(=O)c1ccc(N)cc1OCCOC(C)(C)C.